The van der Waals surface area contributed by atoms with Crippen LogP contribution in [0.5, 0.6) is 5.75 Å². The van der Waals surface area contributed by atoms with E-state index in [0.29, 0.717) is 42.8 Å². The van der Waals surface area contributed by atoms with Crippen molar-refractivity contribution in [3.8, 4) is 5.75 Å². The summed E-state index contributed by atoms with van der Waals surface area (Å²) < 4.78 is 10.9. The van der Waals surface area contributed by atoms with Gasteiger partial charge in [-0.25, -0.2) is 4.79 Å². The molecule has 1 saturated carbocycles. The first-order valence-corrected chi connectivity index (χ1v) is 12.9. The van der Waals surface area contributed by atoms with E-state index in [1.807, 2.05) is 6.92 Å². The Labute approximate surface area is 215 Å². The maximum Gasteiger partial charge on any atom is 0.336 e. The molecule has 2 atom stereocenters. The molecule has 1 saturated heterocycles. The van der Waals surface area contributed by atoms with Gasteiger partial charge < -0.3 is 29.8 Å². The number of piperidine rings is 1. The second-order valence-corrected chi connectivity index (χ2v) is 9.99. The fourth-order valence-corrected chi connectivity index (χ4v) is 5.38. The Morgan fingerprint density at radius 2 is 1.95 bits per heavy atom. The van der Waals surface area contributed by atoms with Crippen LogP contribution in [-0.4, -0.2) is 66.1 Å². The van der Waals surface area contributed by atoms with Gasteiger partial charge in [0.15, 0.2) is 6.61 Å². The number of hydrogen-bond acceptors (Lipinski definition) is 7. The summed E-state index contributed by atoms with van der Waals surface area (Å²) in [5.74, 6) is -0.688. The van der Waals surface area contributed by atoms with Gasteiger partial charge in [-0.3, -0.25) is 14.4 Å². The second kappa shape index (κ2) is 11.3. The quantitative estimate of drug-likeness (QED) is 0.454. The zero-order valence-electron chi connectivity index (χ0n) is 21.4. The standard InChI is InChI=1S/C27H35N3O7/c1-3-18-12-25(34)37-26-17(2)21(8-7-20(18)26)36-16-23(32)28-13-22(31)29-14-24(33)30-11-10-27(35)9-5-4-6-19(27)15-30/h7-8,12,19,35H,3-6,9-11,13-16H2,1-2H3,(H,28,32)(H,29,31)/t19-,27-/m1/s1. The molecule has 0 radical (unpaired) electrons. The van der Waals surface area contributed by atoms with Crippen LogP contribution in [0.2, 0.25) is 0 Å². The number of ether oxygens (including phenoxy) is 1. The van der Waals surface area contributed by atoms with Gasteiger partial charge in [0, 0.05) is 36.0 Å². The molecule has 10 nitrogen and oxygen atoms in total. The lowest BCUT2D eigenvalue weighted by Crippen LogP contribution is -2.56. The summed E-state index contributed by atoms with van der Waals surface area (Å²) in [6.07, 6.45) is 5.03. The predicted molar refractivity (Wildman–Crippen MR) is 136 cm³/mol. The molecule has 0 bridgehead atoms. The van der Waals surface area contributed by atoms with E-state index >= 15 is 0 Å². The van der Waals surface area contributed by atoms with E-state index in [4.69, 9.17) is 9.15 Å². The van der Waals surface area contributed by atoms with Gasteiger partial charge in [-0.2, -0.15) is 0 Å². The van der Waals surface area contributed by atoms with Crippen molar-refractivity contribution in [1.82, 2.24) is 15.5 Å². The topological polar surface area (TPSA) is 138 Å². The van der Waals surface area contributed by atoms with E-state index in [9.17, 15) is 24.3 Å². The highest BCUT2D eigenvalue weighted by molar-refractivity contribution is 5.89. The Morgan fingerprint density at radius 1 is 1.16 bits per heavy atom. The normalized spacial score (nSPS) is 21.3. The number of hydrogen-bond donors (Lipinski definition) is 3. The molecule has 4 rings (SSSR count). The average molecular weight is 514 g/mol. The number of likely N-dealkylation sites (tertiary alicyclic amines) is 1. The van der Waals surface area contributed by atoms with E-state index < -0.39 is 23.0 Å². The molecule has 2 aliphatic rings. The largest absolute Gasteiger partial charge is 0.483 e. The summed E-state index contributed by atoms with van der Waals surface area (Å²) in [7, 11) is 0. The number of carbonyl (C=O) groups excluding carboxylic acids is 3. The molecule has 10 heteroatoms. The summed E-state index contributed by atoms with van der Waals surface area (Å²) in [4.78, 5) is 50.5. The monoisotopic (exact) mass is 513 g/mol. The number of fused-ring (bicyclic) bond motifs is 2. The van der Waals surface area contributed by atoms with Crippen LogP contribution in [0.25, 0.3) is 11.0 Å². The minimum Gasteiger partial charge on any atom is -0.483 e. The zero-order valence-corrected chi connectivity index (χ0v) is 21.4. The van der Waals surface area contributed by atoms with Crippen LogP contribution in [0.3, 0.4) is 0 Å². The molecule has 2 heterocycles. The number of aliphatic hydroxyl groups is 1. The first-order chi connectivity index (χ1) is 17.7. The Hall–Kier alpha value is -3.40. The lowest BCUT2D eigenvalue weighted by Gasteiger charge is -2.47. The molecular formula is C27H35N3O7. The van der Waals surface area contributed by atoms with Crippen molar-refractivity contribution in [2.75, 3.05) is 32.8 Å². The van der Waals surface area contributed by atoms with Crippen LogP contribution in [0, 0.1) is 12.8 Å². The maximum absolute atomic E-state index is 12.6. The van der Waals surface area contributed by atoms with Gasteiger partial charge in [0.05, 0.1) is 18.7 Å². The van der Waals surface area contributed by atoms with Crippen LogP contribution < -0.4 is 21.0 Å². The fraction of sp³-hybridized carbons (Fsp3) is 0.556. The van der Waals surface area contributed by atoms with Crippen molar-refractivity contribution in [2.45, 2.75) is 58.0 Å². The first kappa shape index (κ1) is 26.7. The van der Waals surface area contributed by atoms with Gasteiger partial charge in [-0.05, 0) is 50.3 Å². The van der Waals surface area contributed by atoms with Crippen LogP contribution in [-0.2, 0) is 20.8 Å². The highest BCUT2D eigenvalue weighted by Gasteiger charge is 2.43. The molecule has 3 N–H and O–H groups in total. The first-order valence-electron chi connectivity index (χ1n) is 12.9. The third-order valence-corrected chi connectivity index (χ3v) is 7.60. The highest BCUT2D eigenvalue weighted by atomic mass is 16.5. The van der Waals surface area contributed by atoms with Gasteiger partial charge >= 0.3 is 5.63 Å². The predicted octanol–water partition coefficient (Wildman–Crippen LogP) is 1.43. The Morgan fingerprint density at radius 3 is 2.73 bits per heavy atom. The van der Waals surface area contributed by atoms with Crippen molar-refractivity contribution in [2.24, 2.45) is 5.92 Å². The molecule has 1 aliphatic carbocycles. The van der Waals surface area contributed by atoms with Crippen LogP contribution in [0.1, 0.15) is 50.2 Å². The average Bonchev–Trinajstić information content (AvgIpc) is 2.89. The zero-order chi connectivity index (χ0) is 26.6. The van der Waals surface area contributed by atoms with Crippen molar-refractivity contribution >= 4 is 28.7 Å². The van der Waals surface area contributed by atoms with Gasteiger partial charge in [0.2, 0.25) is 11.8 Å². The minimum absolute atomic E-state index is 0.0879. The van der Waals surface area contributed by atoms with E-state index in [1.165, 1.54) is 6.07 Å². The summed E-state index contributed by atoms with van der Waals surface area (Å²) in [5, 5.41) is 16.6. The third-order valence-electron chi connectivity index (χ3n) is 7.60. The lowest BCUT2D eigenvalue weighted by atomic mass is 9.71. The summed E-state index contributed by atoms with van der Waals surface area (Å²) >= 11 is 0. The molecular weight excluding hydrogens is 478 g/mol. The number of rotatable bonds is 8. The molecule has 3 amide bonds. The fourth-order valence-electron chi connectivity index (χ4n) is 5.38. The molecule has 0 spiro atoms. The Kier molecular flexibility index (Phi) is 8.16. The summed E-state index contributed by atoms with van der Waals surface area (Å²) in [6, 6.07) is 4.98. The van der Waals surface area contributed by atoms with Crippen molar-refractivity contribution in [3.63, 3.8) is 0 Å². The molecule has 37 heavy (non-hydrogen) atoms. The number of carbonyl (C=O) groups is 3. The number of benzene rings is 1. The van der Waals surface area contributed by atoms with Crippen molar-refractivity contribution in [3.05, 3.63) is 39.7 Å². The van der Waals surface area contributed by atoms with Crippen LogP contribution in [0.4, 0.5) is 0 Å². The molecule has 1 aliphatic heterocycles. The SMILES string of the molecule is CCc1cc(=O)oc2c(C)c(OCC(=O)NCC(=O)NCC(=O)N3CC[C@]4(O)CCCC[C@@H]4C3)ccc12. The molecule has 1 aromatic carbocycles. The van der Waals surface area contributed by atoms with Crippen molar-refractivity contribution in [1.29, 1.82) is 0 Å². The lowest BCUT2D eigenvalue weighted by molar-refractivity contribution is -0.143. The number of nitrogens with one attached hydrogen (secondary N) is 2. The van der Waals surface area contributed by atoms with Crippen LogP contribution >= 0.6 is 0 Å². The van der Waals surface area contributed by atoms with Crippen LogP contribution in [0.15, 0.2) is 27.4 Å². The van der Waals surface area contributed by atoms with Gasteiger partial charge in [-0.1, -0.05) is 19.8 Å². The molecule has 1 aromatic heterocycles. The third kappa shape index (κ3) is 6.12. The second-order valence-electron chi connectivity index (χ2n) is 9.99. The van der Waals surface area contributed by atoms with E-state index in [-0.39, 0.29) is 31.5 Å². The molecule has 200 valence electrons. The maximum atomic E-state index is 12.6. The van der Waals surface area contributed by atoms with Crippen molar-refractivity contribution < 1.29 is 28.6 Å². The smallest absolute Gasteiger partial charge is 0.336 e. The number of nitrogens with zero attached hydrogens (tertiary/aromatic N) is 1. The highest BCUT2D eigenvalue weighted by Crippen LogP contribution is 2.39. The Balaban J connectivity index is 1.21. The van der Waals surface area contributed by atoms with Gasteiger partial charge in [0.1, 0.15) is 11.3 Å². The number of amides is 3. The van der Waals surface area contributed by atoms with E-state index in [0.717, 1.165) is 36.6 Å². The number of aryl methyl sites for hydroxylation is 2. The summed E-state index contributed by atoms with van der Waals surface area (Å²) in [5.41, 5.74) is 0.801. The molecule has 0 unspecified atom stereocenters. The summed E-state index contributed by atoms with van der Waals surface area (Å²) in [6.45, 7) is 3.92. The van der Waals surface area contributed by atoms with E-state index in [1.54, 1.807) is 24.0 Å². The van der Waals surface area contributed by atoms with E-state index in [2.05, 4.69) is 10.6 Å². The van der Waals surface area contributed by atoms with Gasteiger partial charge in [0.25, 0.3) is 5.91 Å². The Bertz CT molecular complexity index is 1240. The van der Waals surface area contributed by atoms with Gasteiger partial charge in [-0.15, -0.1) is 0 Å². The molecule has 2 aromatic rings. The minimum atomic E-state index is -0.664. The molecule has 2 fully saturated rings.